The Kier molecular flexibility index (Phi) is 5.24. The van der Waals surface area contributed by atoms with E-state index in [0.29, 0.717) is 10.6 Å². The predicted molar refractivity (Wildman–Crippen MR) is 79.9 cm³/mol. The van der Waals surface area contributed by atoms with Crippen LogP contribution in [0.25, 0.3) is 0 Å². The molecule has 1 unspecified atom stereocenters. The highest BCUT2D eigenvalue weighted by atomic mass is 35.5. The number of sulfonamides is 1. The van der Waals surface area contributed by atoms with Crippen molar-refractivity contribution in [2.75, 3.05) is 12.8 Å². The Labute approximate surface area is 120 Å². The highest BCUT2D eigenvalue weighted by molar-refractivity contribution is 7.89. The maximum absolute atomic E-state index is 12.5. The lowest BCUT2D eigenvalue weighted by atomic mass is 10.2. The minimum atomic E-state index is -3.53. The molecule has 0 aliphatic heterocycles. The fourth-order valence-corrected chi connectivity index (χ4v) is 3.54. The largest absolute Gasteiger partial charge is 0.397 e. The second-order valence-electron chi connectivity index (χ2n) is 4.80. The topological polar surface area (TPSA) is 63.4 Å². The Morgan fingerprint density at radius 2 is 2.00 bits per heavy atom. The zero-order valence-corrected chi connectivity index (χ0v) is 13.3. The van der Waals surface area contributed by atoms with Gasteiger partial charge in [0.25, 0.3) is 0 Å². The highest BCUT2D eigenvalue weighted by Crippen LogP contribution is 2.28. The molecule has 1 aromatic carbocycles. The summed E-state index contributed by atoms with van der Waals surface area (Å²) in [5, 5.41) is 0.406. The van der Waals surface area contributed by atoms with Crippen LogP contribution in [0.4, 0.5) is 5.69 Å². The molecule has 0 saturated carbocycles. The SMILES string of the molecule is CCCC(C)N(C)S(=O)(=O)c1cc(C)c(Cl)c(N)c1. The number of aryl methyl sites for hydroxylation is 1. The van der Waals surface area contributed by atoms with E-state index in [9.17, 15) is 8.42 Å². The number of hydrogen-bond acceptors (Lipinski definition) is 3. The van der Waals surface area contributed by atoms with Gasteiger partial charge in [0.15, 0.2) is 0 Å². The highest BCUT2D eigenvalue weighted by Gasteiger charge is 2.25. The van der Waals surface area contributed by atoms with Crippen LogP contribution in [0.1, 0.15) is 32.3 Å². The molecule has 2 N–H and O–H groups in total. The molecule has 1 aromatic rings. The van der Waals surface area contributed by atoms with Crippen molar-refractivity contribution < 1.29 is 8.42 Å². The van der Waals surface area contributed by atoms with Crippen LogP contribution >= 0.6 is 11.6 Å². The van der Waals surface area contributed by atoms with Gasteiger partial charge in [0.2, 0.25) is 10.0 Å². The Hall–Kier alpha value is -0.780. The van der Waals surface area contributed by atoms with E-state index in [0.717, 1.165) is 12.8 Å². The molecule has 1 rings (SSSR count). The summed E-state index contributed by atoms with van der Waals surface area (Å²) in [6, 6.07) is 2.93. The third-order valence-electron chi connectivity index (χ3n) is 3.26. The molecule has 0 aliphatic rings. The normalized spacial score (nSPS) is 13.8. The summed E-state index contributed by atoms with van der Waals surface area (Å²) in [7, 11) is -1.93. The van der Waals surface area contributed by atoms with Gasteiger partial charge < -0.3 is 5.73 Å². The molecular weight excluding hydrogens is 284 g/mol. The van der Waals surface area contributed by atoms with E-state index in [2.05, 4.69) is 0 Å². The number of rotatable bonds is 5. The van der Waals surface area contributed by atoms with Gasteiger partial charge in [-0.05, 0) is 38.0 Å². The van der Waals surface area contributed by atoms with Gasteiger partial charge in [0.05, 0.1) is 15.6 Å². The minimum Gasteiger partial charge on any atom is -0.397 e. The molecular formula is C13H21ClN2O2S. The van der Waals surface area contributed by atoms with Gasteiger partial charge in [-0.25, -0.2) is 8.42 Å². The van der Waals surface area contributed by atoms with Gasteiger partial charge in [-0.2, -0.15) is 4.31 Å². The Morgan fingerprint density at radius 1 is 1.42 bits per heavy atom. The van der Waals surface area contributed by atoms with Crippen molar-refractivity contribution >= 4 is 27.3 Å². The summed E-state index contributed by atoms with van der Waals surface area (Å²) in [5.41, 5.74) is 6.69. The molecule has 0 saturated heterocycles. The van der Waals surface area contributed by atoms with Crippen LogP contribution in [0.2, 0.25) is 5.02 Å². The fourth-order valence-electron chi connectivity index (χ4n) is 1.91. The van der Waals surface area contributed by atoms with Crippen LogP contribution in [0.5, 0.6) is 0 Å². The zero-order valence-electron chi connectivity index (χ0n) is 11.8. The van der Waals surface area contributed by atoms with Crippen molar-refractivity contribution in [2.45, 2.75) is 44.6 Å². The first-order chi connectivity index (χ1) is 8.71. The van der Waals surface area contributed by atoms with Crippen molar-refractivity contribution in [1.29, 1.82) is 0 Å². The van der Waals surface area contributed by atoms with E-state index in [1.54, 1.807) is 20.0 Å². The Balaban J connectivity index is 3.21. The van der Waals surface area contributed by atoms with Gasteiger partial charge in [0, 0.05) is 13.1 Å². The lowest BCUT2D eigenvalue weighted by Crippen LogP contribution is -2.35. The smallest absolute Gasteiger partial charge is 0.243 e. The maximum atomic E-state index is 12.5. The number of nitrogen functional groups attached to an aromatic ring is 1. The molecule has 0 amide bonds. The molecule has 0 heterocycles. The monoisotopic (exact) mass is 304 g/mol. The molecule has 19 heavy (non-hydrogen) atoms. The summed E-state index contributed by atoms with van der Waals surface area (Å²) in [6.45, 7) is 5.67. The average Bonchev–Trinajstić information content (AvgIpc) is 2.34. The third kappa shape index (κ3) is 3.41. The summed E-state index contributed by atoms with van der Waals surface area (Å²) in [6.07, 6.45) is 1.75. The van der Waals surface area contributed by atoms with Gasteiger partial charge in [-0.1, -0.05) is 24.9 Å². The number of benzene rings is 1. The van der Waals surface area contributed by atoms with E-state index in [1.807, 2.05) is 13.8 Å². The minimum absolute atomic E-state index is 0.0489. The van der Waals surface area contributed by atoms with Crippen molar-refractivity contribution in [2.24, 2.45) is 0 Å². The van der Waals surface area contributed by atoms with Crippen LogP contribution < -0.4 is 5.73 Å². The first-order valence-corrected chi connectivity index (χ1v) is 8.07. The number of halogens is 1. The van der Waals surface area contributed by atoms with E-state index in [-0.39, 0.29) is 16.6 Å². The first kappa shape index (κ1) is 16.3. The zero-order chi connectivity index (χ0) is 14.8. The second kappa shape index (κ2) is 6.11. The van der Waals surface area contributed by atoms with E-state index >= 15 is 0 Å². The second-order valence-corrected chi connectivity index (χ2v) is 7.18. The molecule has 4 nitrogen and oxygen atoms in total. The van der Waals surface area contributed by atoms with E-state index in [4.69, 9.17) is 17.3 Å². The number of nitrogens with two attached hydrogens (primary N) is 1. The molecule has 0 radical (unpaired) electrons. The quantitative estimate of drug-likeness (QED) is 0.850. The molecule has 0 fully saturated rings. The lowest BCUT2D eigenvalue weighted by molar-refractivity contribution is 0.369. The molecule has 0 aromatic heterocycles. The van der Waals surface area contributed by atoms with Crippen molar-refractivity contribution in [1.82, 2.24) is 4.31 Å². The van der Waals surface area contributed by atoms with E-state index in [1.165, 1.54) is 10.4 Å². The van der Waals surface area contributed by atoms with Crippen LogP contribution in [0.15, 0.2) is 17.0 Å². The molecule has 0 aliphatic carbocycles. The van der Waals surface area contributed by atoms with Gasteiger partial charge in [-0.3, -0.25) is 0 Å². The number of nitrogens with zero attached hydrogens (tertiary/aromatic N) is 1. The maximum Gasteiger partial charge on any atom is 0.243 e. The molecule has 0 bridgehead atoms. The van der Waals surface area contributed by atoms with Crippen molar-refractivity contribution in [3.63, 3.8) is 0 Å². The first-order valence-electron chi connectivity index (χ1n) is 6.25. The summed E-state index contributed by atoms with van der Waals surface area (Å²) in [4.78, 5) is 0.192. The molecule has 6 heteroatoms. The molecule has 1 atom stereocenters. The van der Waals surface area contributed by atoms with Crippen LogP contribution in [0, 0.1) is 6.92 Å². The average molecular weight is 305 g/mol. The van der Waals surface area contributed by atoms with Gasteiger partial charge in [0.1, 0.15) is 0 Å². The molecule has 108 valence electrons. The van der Waals surface area contributed by atoms with Crippen LogP contribution in [-0.4, -0.2) is 25.8 Å². The fraction of sp³-hybridized carbons (Fsp3) is 0.538. The summed E-state index contributed by atoms with van der Waals surface area (Å²) < 4.78 is 26.4. The molecule has 0 spiro atoms. The Morgan fingerprint density at radius 3 is 2.47 bits per heavy atom. The number of anilines is 1. The van der Waals surface area contributed by atoms with Crippen LogP contribution in [-0.2, 0) is 10.0 Å². The Bertz CT molecular complexity index is 535. The van der Waals surface area contributed by atoms with Gasteiger partial charge in [-0.15, -0.1) is 0 Å². The third-order valence-corrected chi connectivity index (χ3v) is 5.73. The summed E-state index contributed by atoms with van der Waals surface area (Å²) >= 11 is 5.96. The van der Waals surface area contributed by atoms with Gasteiger partial charge >= 0.3 is 0 Å². The summed E-state index contributed by atoms with van der Waals surface area (Å²) in [5.74, 6) is 0. The lowest BCUT2D eigenvalue weighted by Gasteiger charge is -2.24. The standard InChI is InChI=1S/C13H21ClN2O2S/c1-5-6-10(3)16(4)19(17,18)11-7-9(2)13(14)12(15)8-11/h7-8,10H,5-6,15H2,1-4H3. The van der Waals surface area contributed by atoms with Crippen molar-refractivity contribution in [3.8, 4) is 0 Å². The van der Waals surface area contributed by atoms with Crippen molar-refractivity contribution in [3.05, 3.63) is 22.7 Å². The predicted octanol–water partition coefficient (Wildman–Crippen LogP) is 3.04. The van der Waals surface area contributed by atoms with E-state index < -0.39 is 10.0 Å². The number of hydrogen-bond donors (Lipinski definition) is 1. The van der Waals surface area contributed by atoms with Crippen LogP contribution in [0.3, 0.4) is 0 Å².